The van der Waals surface area contributed by atoms with E-state index < -0.39 is 10.8 Å². The van der Waals surface area contributed by atoms with E-state index in [4.69, 9.17) is 0 Å². The lowest BCUT2D eigenvalue weighted by molar-refractivity contribution is 0.104. The molecule has 0 amide bonds. The molecule has 2 aromatic rings. The SMILES string of the molecule is O=C1/C(=C\c2ccccc2)S(=O)c2ccccc21. The second kappa shape index (κ2) is 4.35. The number of Topliss-reactive ketones (excluding diaryl/α,β-unsaturated/α-hetero) is 1. The fourth-order valence-corrected chi connectivity index (χ4v) is 3.29. The molecular weight excluding hydrogens is 244 g/mol. The molecular formula is C15H10O2S. The maximum absolute atomic E-state index is 12.2. The lowest BCUT2D eigenvalue weighted by atomic mass is 10.1. The molecule has 88 valence electrons. The van der Waals surface area contributed by atoms with Gasteiger partial charge in [0.05, 0.1) is 20.6 Å². The van der Waals surface area contributed by atoms with Crippen molar-refractivity contribution < 1.29 is 9.00 Å². The van der Waals surface area contributed by atoms with Crippen LogP contribution in [0.4, 0.5) is 0 Å². The summed E-state index contributed by atoms with van der Waals surface area (Å²) in [6.07, 6.45) is 1.71. The summed E-state index contributed by atoms with van der Waals surface area (Å²) in [5, 5.41) is 0. The smallest absolute Gasteiger partial charge is 0.203 e. The number of fused-ring (bicyclic) bond motifs is 1. The lowest BCUT2D eigenvalue weighted by Crippen LogP contribution is -1.96. The van der Waals surface area contributed by atoms with Gasteiger partial charge in [-0.2, -0.15) is 0 Å². The largest absolute Gasteiger partial charge is 0.288 e. The van der Waals surface area contributed by atoms with E-state index in [1.807, 2.05) is 30.3 Å². The third-order valence-electron chi connectivity index (χ3n) is 2.85. The van der Waals surface area contributed by atoms with Gasteiger partial charge in [0.25, 0.3) is 0 Å². The van der Waals surface area contributed by atoms with Gasteiger partial charge in [-0.1, -0.05) is 42.5 Å². The molecule has 1 unspecified atom stereocenters. The molecule has 0 saturated carbocycles. The van der Waals surface area contributed by atoms with E-state index in [1.54, 1.807) is 30.3 Å². The highest BCUT2D eigenvalue weighted by Gasteiger charge is 2.31. The van der Waals surface area contributed by atoms with Gasteiger partial charge in [0.2, 0.25) is 5.78 Å². The molecule has 3 heteroatoms. The van der Waals surface area contributed by atoms with Crippen molar-refractivity contribution in [3.63, 3.8) is 0 Å². The van der Waals surface area contributed by atoms with E-state index in [0.717, 1.165) is 5.56 Å². The average molecular weight is 254 g/mol. The van der Waals surface area contributed by atoms with Crippen LogP contribution < -0.4 is 0 Å². The normalized spacial score (nSPS) is 20.1. The van der Waals surface area contributed by atoms with Crippen molar-refractivity contribution in [3.8, 4) is 0 Å². The van der Waals surface area contributed by atoms with Crippen molar-refractivity contribution in [3.05, 3.63) is 70.6 Å². The van der Waals surface area contributed by atoms with Gasteiger partial charge in [0, 0.05) is 5.56 Å². The summed E-state index contributed by atoms with van der Waals surface area (Å²) in [4.78, 5) is 13.1. The highest BCUT2D eigenvalue weighted by molar-refractivity contribution is 7.91. The van der Waals surface area contributed by atoms with Crippen LogP contribution in [0.1, 0.15) is 15.9 Å². The standard InChI is InChI=1S/C15H10O2S/c16-15-12-8-4-5-9-13(12)18(17)14(15)10-11-6-2-1-3-7-11/h1-10H/b14-10+. The van der Waals surface area contributed by atoms with Crippen molar-refractivity contribution in [2.24, 2.45) is 0 Å². The van der Waals surface area contributed by atoms with E-state index in [0.29, 0.717) is 15.4 Å². The molecule has 0 aromatic heterocycles. The van der Waals surface area contributed by atoms with E-state index in [1.165, 1.54) is 0 Å². The quantitative estimate of drug-likeness (QED) is 0.733. The number of carbonyl (C=O) groups is 1. The van der Waals surface area contributed by atoms with Gasteiger partial charge in [-0.3, -0.25) is 4.79 Å². The van der Waals surface area contributed by atoms with E-state index in [-0.39, 0.29) is 5.78 Å². The maximum atomic E-state index is 12.2. The molecule has 0 radical (unpaired) electrons. The molecule has 2 aromatic carbocycles. The van der Waals surface area contributed by atoms with Crippen LogP contribution in [0, 0.1) is 0 Å². The number of hydrogen-bond donors (Lipinski definition) is 0. The van der Waals surface area contributed by atoms with Crippen molar-refractivity contribution in [1.82, 2.24) is 0 Å². The summed E-state index contributed by atoms with van der Waals surface area (Å²) < 4.78 is 12.2. The summed E-state index contributed by atoms with van der Waals surface area (Å²) in [6, 6.07) is 16.5. The Labute approximate surface area is 107 Å². The van der Waals surface area contributed by atoms with Gasteiger partial charge in [-0.05, 0) is 23.8 Å². The Hall–Kier alpha value is -2.00. The molecule has 1 aliphatic rings. The third kappa shape index (κ3) is 1.73. The fourth-order valence-electron chi connectivity index (χ4n) is 1.97. The van der Waals surface area contributed by atoms with Crippen molar-refractivity contribution in [2.45, 2.75) is 4.90 Å². The molecule has 0 saturated heterocycles. The van der Waals surface area contributed by atoms with Crippen LogP contribution in [-0.2, 0) is 10.8 Å². The number of ketones is 1. The molecule has 3 rings (SSSR count). The molecule has 0 bridgehead atoms. The van der Waals surface area contributed by atoms with Crippen LogP contribution in [0.2, 0.25) is 0 Å². The summed E-state index contributed by atoms with van der Waals surface area (Å²) in [5.41, 5.74) is 1.44. The zero-order valence-electron chi connectivity index (χ0n) is 9.50. The maximum Gasteiger partial charge on any atom is 0.203 e. The van der Waals surface area contributed by atoms with Gasteiger partial charge in [0.1, 0.15) is 0 Å². The van der Waals surface area contributed by atoms with E-state index in [9.17, 15) is 9.00 Å². The Morgan fingerprint density at radius 1 is 0.889 bits per heavy atom. The van der Waals surface area contributed by atoms with Crippen LogP contribution in [0.5, 0.6) is 0 Å². The minimum atomic E-state index is -1.35. The van der Waals surface area contributed by atoms with Gasteiger partial charge in [0.15, 0.2) is 0 Å². The Kier molecular flexibility index (Phi) is 2.68. The third-order valence-corrected chi connectivity index (χ3v) is 4.31. The summed E-state index contributed by atoms with van der Waals surface area (Å²) in [6.45, 7) is 0. The van der Waals surface area contributed by atoms with Gasteiger partial charge < -0.3 is 0 Å². The van der Waals surface area contributed by atoms with Crippen LogP contribution in [-0.4, -0.2) is 9.99 Å². The number of benzene rings is 2. The molecule has 0 fully saturated rings. The topological polar surface area (TPSA) is 34.1 Å². The molecule has 0 spiro atoms. The van der Waals surface area contributed by atoms with Gasteiger partial charge in [-0.15, -0.1) is 0 Å². The first-order valence-corrected chi connectivity index (χ1v) is 6.74. The average Bonchev–Trinajstić information content (AvgIpc) is 2.66. The lowest BCUT2D eigenvalue weighted by Gasteiger charge is -1.95. The Bertz CT molecular complexity index is 635. The molecule has 1 atom stereocenters. The summed E-state index contributed by atoms with van der Waals surface area (Å²) in [7, 11) is -1.35. The number of allylic oxidation sites excluding steroid dienone is 1. The fraction of sp³-hybridized carbons (Fsp3) is 0. The van der Waals surface area contributed by atoms with E-state index >= 15 is 0 Å². The van der Waals surface area contributed by atoms with E-state index in [2.05, 4.69) is 0 Å². The van der Waals surface area contributed by atoms with Crippen molar-refractivity contribution in [1.29, 1.82) is 0 Å². The molecule has 2 nitrogen and oxygen atoms in total. The predicted molar refractivity (Wildman–Crippen MR) is 71.6 cm³/mol. The summed E-state index contributed by atoms with van der Waals surface area (Å²) >= 11 is 0. The Morgan fingerprint density at radius 3 is 2.28 bits per heavy atom. The van der Waals surface area contributed by atoms with Crippen LogP contribution in [0.15, 0.2) is 64.4 Å². The van der Waals surface area contributed by atoms with Crippen LogP contribution in [0.3, 0.4) is 0 Å². The molecule has 0 N–H and O–H groups in total. The zero-order valence-corrected chi connectivity index (χ0v) is 10.3. The highest BCUT2D eigenvalue weighted by atomic mass is 32.2. The highest BCUT2D eigenvalue weighted by Crippen LogP contribution is 2.31. The van der Waals surface area contributed by atoms with Gasteiger partial charge >= 0.3 is 0 Å². The minimum absolute atomic E-state index is 0.132. The first-order valence-electron chi connectivity index (χ1n) is 5.59. The van der Waals surface area contributed by atoms with Crippen molar-refractivity contribution >= 4 is 22.7 Å². The van der Waals surface area contributed by atoms with Crippen molar-refractivity contribution in [2.75, 3.05) is 0 Å². The molecule has 1 aliphatic heterocycles. The second-order valence-corrected chi connectivity index (χ2v) is 5.43. The first-order chi connectivity index (χ1) is 8.77. The Balaban J connectivity index is 2.10. The molecule has 18 heavy (non-hydrogen) atoms. The predicted octanol–water partition coefficient (Wildman–Crippen LogP) is 3.03. The monoisotopic (exact) mass is 254 g/mol. The number of carbonyl (C=O) groups excluding carboxylic acids is 1. The zero-order chi connectivity index (χ0) is 12.5. The van der Waals surface area contributed by atoms with Gasteiger partial charge in [-0.25, -0.2) is 4.21 Å². The molecule has 0 aliphatic carbocycles. The number of rotatable bonds is 1. The minimum Gasteiger partial charge on any atom is -0.288 e. The first kappa shape index (κ1) is 11.1. The van der Waals surface area contributed by atoms with Crippen LogP contribution >= 0.6 is 0 Å². The molecule has 1 heterocycles. The number of hydrogen-bond acceptors (Lipinski definition) is 2. The summed E-state index contributed by atoms with van der Waals surface area (Å²) in [5.74, 6) is -0.132. The van der Waals surface area contributed by atoms with Crippen LogP contribution in [0.25, 0.3) is 6.08 Å². The second-order valence-electron chi connectivity index (χ2n) is 4.01. The Morgan fingerprint density at radius 2 is 1.56 bits per heavy atom.